The van der Waals surface area contributed by atoms with Crippen molar-refractivity contribution in [2.24, 2.45) is 0 Å². The predicted molar refractivity (Wildman–Crippen MR) is 63.2 cm³/mol. The Morgan fingerprint density at radius 1 is 1.76 bits per heavy atom. The number of nitrogens with one attached hydrogen (secondary N) is 1. The molecule has 1 atom stereocenters. The molecule has 1 unspecified atom stereocenters. The summed E-state index contributed by atoms with van der Waals surface area (Å²) in [4.78, 5) is 27.8. The molecule has 6 nitrogen and oxygen atoms in total. The maximum atomic E-state index is 12.0. The number of hydrogen-bond donors (Lipinski definition) is 2. The molecule has 1 aromatic heterocycles. The van der Waals surface area contributed by atoms with Crippen molar-refractivity contribution in [2.75, 3.05) is 12.4 Å². The highest BCUT2D eigenvalue weighted by Gasteiger charge is 2.20. The van der Waals surface area contributed by atoms with Crippen LogP contribution in [0, 0.1) is 0 Å². The fourth-order valence-corrected chi connectivity index (χ4v) is 2.43. The smallest absolute Gasteiger partial charge is 0.267 e. The van der Waals surface area contributed by atoms with Crippen LogP contribution in [0.3, 0.4) is 0 Å². The maximum absolute atomic E-state index is 12.0. The van der Waals surface area contributed by atoms with Crippen molar-refractivity contribution in [1.82, 2.24) is 14.9 Å². The second kappa shape index (κ2) is 4.89. The molecule has 7 heteroatoms. The number of carbonyl (C=O) groups excluding carboxylic acids is 1. The zero-order chi connectivity index (χ0) is 12.4. The summed E-state index contributed by atoms with van der Waals surface area (Å²) in [6, 6.07) is -0.380. The van der Waals surface area contributed by atoms with Crippen LogP contribution in [0.25, 0.3) is 0 Å². The molecule has 0 radical (unpaired) electrons. The van der Waals surface area contributed by atoms with Gasteiger partial charge in [-0.25, -0.2) is 4.98 Å². The van der Waals surface area contributed by atoms with Crippen LogP contribution in [0.5, 0.6) is 0 Å². The fraction of sp³-hybridized carbons (Fsp3) is 0.500. The molecule has 1 amide bonds. The molecule has 0 bridgehead atoms. The normalized spacial score (nSPS) is 15.4. The second-order valence-electron chi connectivity index (χ2n) is 3.82. The number of carbonyl (C=O) groups is 1. The number of aliphatic hydroxyl groups excluding tert-OH is 1. The Hall–Kier alpha value is -1.34. The Morgan fingerprint density at radius 2 is 2.53 bits per heavy atom. The first-order valence-electron chi connectivity index (χ1n) is 5.28. The minimum absolute atomic E-state index is 0.0246. The minimum Gasteiger partial charge on any atom is -0.394 e. The second-order valence-corrected chi connectivity index (χ2v) is 4.88. The molecule has 1 aromatic rings. The highest BCUT2D eigenvalue weighted by Crippen LogP contribution is 2.20. The molecule has 17 heavy (non-hydrogen) atoms. The predicted octanol–water partition coefficient (Wildman–Crippen LogP) is -0.540. The first kappa shape index (κ1) is 12.1. The molecule has 1 aliphatic heterocycles. The van der Waals surface area contributed by atoms with Crippen LogP contribution in [0.4, 0.5) is 0 Å². The van der Waals surface area contributed by atoms with Crippen LogP contribution in [0.2, 0.25) is 0 Å². The number of fused-ring (bicyclic) bond motifs is 1. The lowest BCUT2D eigenvalue weighted by molar-refractivity contribution is 0.0919. The minimum atomic E-state index is -0.490. The summed E-state index contributed by atoms with van der Waals surface area (Å²) in [5.74, 6) is 0.316. The molecule has 0 aromatic carbocycles. The summed E-state index contributed by atoms with van der Waals surface area (Å²) >= 11 is 1.50. The van der Waals surface area contributed by atoms with Crippen LogP contribution in [0.1, 0.15) is 17.3 Å². The van der Waals surface area contributed by atoms with Gasteiger partial charge in [0, 0.05) is 24.5 Å². The van der Waals surface area contributed by atoms with Gasteiger partial charge in [0.05, 0.1) is 6.61 Å². The van der Waals surface area contributed by atoms with Gasteiger partial charge in [0.25, 0.3) is 11.5 Å². The van der Waals surface area contributed by atoms with Gasteiger partial charge in [-0.05, 0) is 6.92 Å². The lowest BCUT2D eigenvalue weighted by Gasteiger charge is -2.10. The van der Waals surface area contributed by atoms with E-state index in [4.69, 9.17) is 5.11 Å². The summed E-state index contributed by atoms with van der Waals surface area (Å²) < 4.78 is 1.50. The average Bonchev–Trinajstić information content (AvgIpc) is 2.78. The topological polar surface area (TPSA) is 84.2 Å². The van der Waals surface area contributed by atoms with E-state index in [0.717, 1.165) is 5.75 Å². The summed E-state index contributed by atoms with van der Waals surface area (Å²) in [6.07, 6.45) is 1.30. The third kappa shape index (κ3) is 2.34. The van der Waals surface area contributed by atoms with E-state index >= 15 is 0 Å². The van der Waals surface area contributed by atoms with Gasteiger partial charge < -0.3 is 10.4 Å². The van der Waals surface area contributed by atoms with Crippen molar-refractivity contribution in [3.05, 3.63) is 22.1 Å². The number of aromatic nitrogens is 2. The van der Waals surface area contributed by atoms with E-state index in [2.05, 4.69) is 10.3 Å². The average molecular weight is 255 g/mol. The summed E-state index contributed by atoms with van der Waals surface area (Å²) in [7, 11) is 0. The molecular formula is C10H13N3O3S. The third-order valence-corrected chi connectivity index (χ3v) is 3.42. The molecule has 0 aliphatic carbocycles. The monoisotopic (exact) mass is 255 g/mol. The lowest BCUT2D eigenvalue weighted by Crippen LogP contribution is -2.39. The number of hydrogen-bond acceptors (Lipinski definition) is 5. The van der Waals surface area contributed by atoms with Crippen LogP contribution in [-0.2, 0) is 6.54 Å². The van der Waals surface area contributed by atoms with E-state index in [1.807, 2.05) is 0 Å². The van der Waals surface area contributed by atoms with Crippen molar-refractivity contribution in [3.8, 4) is 0 Å². The standard InChI is InChI=1S/C10H13N3O3S/c1-6(5-14)12-8(15)7-4-11-10-13(9(7)16)2-3-17-10/h4,6,14H,2-3,5H2,1H3,(H,12,15). The van der Waals surface area contributed by atoms with Gasteiger partial charge in [-0.2, -0.15) is 0 Å². The van der Waals surface area contributed by atoms with Crippen molar-refractivity contribution in [3.63, 3.8) is 0 Å². The Morgan fingerprint density at radius 3 is 3.24 bits per heavy atom. The molecule has 2 rings (SSSR count). The van der Waals surface area contributed by atoms with E-state index in [1.54, 1.807) is 6.92 Å². The summed E-state index contributed by atoms with van der Waals surface area (Å²) in [5.41, 5.74) is -0.292. The Kier molecular flexibility index (Phi) is 3.49. The zero-order valence-electron chi connectivity index (χ0n) is 9.34. The molecule has 0 saturated heterocycles. The fourth-order valence-electron chi connectivity index (χ4n) is 1.52. The van der Waals surface area contributed by atoms with Gasteiger partial charge in [0.15, 0.2) is 5.16 Å². The van der Waals surface area contributed by atoms with Crippen molar-refractivity contribution in [2.45, 2.75) is 24.7 Å². The largest absolute Gasteiger partial charge is 0.394 e. The van der Waals surface area contributed by atoms with Crippen LogP contribution < -0.4 is 10.9 Å². The summed E-state index contributed by atoms with van der Waals surface area (Å²) in [5, 5.41) is 12.0. The van der Waals surface area contributed by atoms with E-state index in [-0.39, 0.29) is 23.8 Å². The number of thioether (sulfide) groups is 1. The first-order valence-corrected chi connectivity index (χ1v) is 6.26. The van der Waals surface area contributed by atoms with Crippen molar-refractivity contribution >= 4 is 17.7 Å². The highest BCUT2D eigenvalue weighted by atomic mass is 32.2. The zero-order valence-corrected chi connectivity index (χ0v) is 10.2. The Bertz CT molecular complexity index is 500. The van der Waals surface area contributed by atoms with E-state index in [9.17, 15) is 9.59 Å². The molecule has 1 aliphatic rings. The van der Waals surface area contributed by atoms with E-state index in [0.29, 0.717) is 11.7 Å². The number of nitrogens with zero attached hydrogens (tertiary/aromatic N) is 2. The molecule has 2 heterocycles. The third-order valence-electron chi connectivity index (χ3n) is 2.45. The molecule has 0 spiro atoms. The van der Waals surface area contributed by atoms with Crippen molar-refractivity contribution in [1.29, 1.82) is 0 Å². The highest BCUT2D eigenvalue weighted by molar-refractivity contribution is 7.99. The van der Waals surface area contributed by atoms with Crippen LogP contribution in [0.15, 0.2) is 16.1 Å². The van der Waals surface area contributed by atoms with Crippen LogP contribution in [-0.4, -0.2) is 39.0 Å². The quantitative estimate of drug-likeness (QED) is 0.709. The van der Waals surface area contributed by atoms with Gasteiger partial charge >= 0.3 is 0 Å². The lowest BCUT2D eigenvalue weighted by atomic mass is 10.2. The van der Waals surface area contributed by atoms with Crippen LogP contribution >= 0.6 is 11.8 Å². The van der Waals surface area contributed by atoms with Gasteiger partial charge in [0.1, 0.15) is 5.56 Å². The van der Waals surface area contributed by atoms with Gasteiger partial charge in [-0.3, -0.25) is 14.2 Å². The van der Waals surface area contributed by atoms with E-state index < -0.39 is 5.91 Å². The van der Waals surface area contributed by atoms with Crippen molar-refractivity contribution < 1.29 is 9.90 Å². The Balaban J connectivity index is 2.28. The number of amides is 1. The van der Waals surface area contributed by atoms with Gasteiger partial charge in [-0.1, -0.05) is 11.8 Å². The Labute approximate surface area is 102 Å². The number of aliphatic hydroxyl groups is 1. The van der Waals surface area contributed by atoms with Gasteiger partial charge in [-0.15, -0.1) is 0 Å². The molecule has 0 fully saturated rings. The maximum Gasteiger partial charge on any atom is 0.267 e. The molecule has 2 N–H and O–H groups in total. The first-order chi connectivity index (χ1) is 8.13. The summed E-state index contributed by atoms with van der Waals surface area (Å²) in [6.45, 7) is 2.08. The van der Waals surface area contributed by atoms with Gasteiger partial charge in [0.2, 0.25) is 0 Å². The number of rotatable bonds is 3. The molecule has 0 saturated carbocycles. The SMILES string of the molecule is CC(CO)NC(=O)c1cnc2n(c1=O)CCS2. The van der Waals surface area contributed by atoms with E-state index in [1.165, 1.54) is 22.5 Å². The molecule has 92 valence electrons. The molecular weight excluding hydrogens is 242 g/mol.